The average Bonchev–Trinajstić information content (AvgIpc) is 2.46. The smallest absolute Gasteiger partial charge is 0.211 e. The fourth-order valence-corrected chi connectivity index (χ4v) is 1.77. The van der Waals surface area contributed by atoms with Crippen LogP contribution >= 0.6 is 23.2 Å². The van der Waals surface area contributed by atoms with Crippen molar-refractivity contribution in [1.82, 2.24) is 4.90 Å². The minimum absolute atomic E-state index is 0.292. The van der Waals surface area contributed by atoms with E-state index < -0.39 is 11.6 Å². The number of nitrogens with one attached hydrogen (secondary N) is 1. The largest absolute Gasteiger partial charge is 0.383 e. The standard InChI is InChI=1S/C15H15Cl2N3O2/c1-4-13(21)15(14(22)7-8-20(2)3)19-18-12-6-5-10(16)9-11(12)17/h4-9,18H,1H2,2-3H3. The van der Waals surface area contributed by atoms with Gasteiger partial charge in [0.15, 0.2) is 5.71 Å². The fraction of sp³-hybridized carbons (Fsp3) is 0.133. The predicted octanol–water partition coefficient (Wildman–Crippen LogP) is 3.16. The van der Waals surface area contributed by atoms with Gasteiger partial charge in [-0.05, 0) is 24.3 Å². The van der Waals surface area contributed by atoms with Crippen molar-refractivity contribution >= 4 is 46.2 Å². The minimum Gasteiger partial charge on any atom is -0.383 e. The molecule has 22 heavy (non-hydrogen) atoms. The van der Waals surface area contributed by atoms with Gasteiger partial charge in [-0.1, -0.05) is 29.8 Å². The highest BCUT2D eigenvalue weighted by molar-refractivity contribution is 6.70. The first-order chi connectivity index (χ1) is 10.3. The van der Waals surface area contributed by atoms with E-state index in [4.69, 9.17) is 23.2 Å². The summed E-state index contributed by atoms with van der Waals surface area (Å²) >= 11 is 11.8. The van der Waals surface area contributed by atoms with Crippen LogP contribution in [0.15, 0.2) is 48.2 Å². The third kappa shape index (κ3) is 5.35. The molecule has 1 rings (SSSR count). The minimum atomic E-state index is -0.592. The molecule has 0 aliphatic carbocycles. The maximum atomic E-state index is 12.0. The van der Waals surface area contributed by atoms with Gasteiger partial charge in [-0.2, -0.15) is 5.10 Å². The van der Waals surface area contributed by atoms with E-state index in [2.05, 4.69) is 17.1 Å². The van der Waals surface area contributed by atoms with Gasteiger partial charge in [0.2, 0.25) is 11.6 Å². The number of carbonyl (C=O) groups excluding carboxylic acids is 2. The van der Waals surface area contributed by atoms with Gasteiger partial charge < -0.3 is 4.90 Å². The monoisotopic (exact) mass is 339 g/mol. The Kier molecular flexibility index (Phi) is 6.82. The lowest BCUT2D eigenvalue weighted by Gasteiger charge is -2.06. The van der Waals surface area contributed by atoms with Crippen molar-refractivity contribution in [2.75, 3.05) is 19.5 Å². The van der Waals surface area contributed by atoms with Crippen molar-refractivity contribution in [3.05, 3.63) is 53.2 Å². The van der Waals surface area contributed by atoms with Crippen LogP contribution in [0.25, 0.3) is 0 Å². The second kappa shape index (κ2) is 8.36. The molecule has 0 aromatic heterocycles. The molecular formula is C15H15Cl2N3O2. The van der Waals surface area contributed by atoms with E-state index in [0.717, 1.165) is 6.08 Å². The number of anilines is 1. The number of carbonyl (C=O) groups is 2. The van der Waals surface area contributed by atoms with Crippen molar-refractivity contribution in [2.24, 2.45) is 5.10 Å². The van der Waals surface area contributed by atoms with Crippen molar-refractivity contribution in [1.29, 1.82) is 0 Å². The molecule has 1 aromatic carbocycles. The summed E-state index contributed by atoms with van der Waals surface area (Å²) in [5.74, 6) is -1.14. The molecule has 0 atom stereocenters. The van der Waals surface area contributed by atoms with E-state index in [1.165, 1.54) is 18.3 Å². The van der Waals surface area contributed by atoms with Gasteiger partial charge in [0.1, 0.15) is 0 Å². The van der Waals surface area contributed by atoms with E-state index in [0.29, 0.717) is 15.7 Å². The van der Waals surface area contributed by atoms with Gasteiger partial charge >= 0.3 is 0 Å². The Labute approximate surface area is 138 Å². The molecule has 0 bridgehead atoms. The van der Waals surface area contributed by atoms with E-state index in [1.807, 2.05) is 0 Å². The summed E-state index contributed by atoms with van der Waals surface area (Å²) < 4.78 is 0. The van der Waals surface area contributed by atoms with E-state index in [1.54, 1.807) is 31.1 Å². The maximum Gasteiger partial charge on any atom is 0.211 e. The van der Waals surface area contributed by atoms with Gasteiger partial charge in [0.05, 0.1) is 10.7 Å². The lowest BCUT2D eigenvalue weighted by Crippen LogP contribution is -2.23. The zero-order valence-corrected chi connectivity index (χ0v) is 13.6. The molecule has 0 aliphatic heterocycles. The molecule has 0 radical (unpaired) electrons. The Morgan fingerprint density at radius 1 is 1.27 bits per heavy atom. The summed E-state index contributed by atoms with van der Waals surface area (Å²) in [6.45, 7) is 3.35. The molecule has 5 nitrogen and oxygen atoms in total. The lowest BCUT2D eigenvalue weighted by molar-refractivity contribution is -0.112. The number of nitrogens with zero attached hydrogens (tertiary/aromatic N) is 2. The van der Waals surface area contributed by atoms with Crippen LogP contribution in [0.5, 0.6) is 0 Å². The van der Waals surface area contributed by atoms with E-state index in [-0.39, 0.29) is 5.71 Å². The maximum absolute atomic E-state index is 12.0. The molecule has 0 unspecified atom stereocenters. The summed E-state index contributed by atoms with van der Waals surface area (Å²) in [6.07, 6.45) is 3.78. The molecule has 1 N–H and O–H groups in total. The second-order valence-corrected chi connectivity index (χ2v) is 5.25. The summed E-state index contributed by atoms with van der Waals surface area (Å²) in [5.41, 5.74) is 2.71. The van der Waals surface area contributed by atoms with Crippen LogP contribution in [0.4, 0.5) is 5.69 Å². The lowest BCUT2D eigenvalue weighted by atomic mass is 10.1. The summed E-state index contributed by atoms with van der Waals surface area (Å²) in [5, 5.41) is 4.61. The normalized spacial score (nSPS) is 11.4. The zero-order chi connectivity index (χ0) is 16.7. The molecular weight excluding hydrogens is 325 g/mol. The predicted molar refractivity (Wildman–Crippen MR) is 90.6 cm³/mol. The molecule has 0 spiro atoms. The van der Waals surface area contributed by atoms with E-state index >= 15 is 0 Å². The summed E-state index contributed by atoms with van der Waals surface area (Å²) in [7, 11) is 3.50. The quantitative estimate of drug-likeness (QED) is 0.358. The van der Waals surface area contributed by atoms with Gasteiger partial charge in [-0.3, -0.25) is 15.0 Å². The molecule has 116 valence electrons. The molecule has 1 aromatic rings. The Morgan fingerprint density at radius 3 is 2.50 bits per heavy atom. The Morgan fingerprint density at radius 2 is 1.95 bits per heavy atom. The van der Waals surface area contributed by atoms with Crippen molar-refractivity contribution in [3.63, 3.8) is 0 Å². The number of hydrogen-bond donors (Lipinski definition) is 1. The number of rotatable bonds is 7. The molecule has 0 fully saturated rings. The molecule has 0 saturated carbocycles. The average molecular weight is 340 g/mol. The molecule has 0 amide bonds. The SMILES string of the molecule is C=CC(=O)C(=NNc1ccc(Cl)cc1Cl)C(=O)C=CN(C)C. The first-order valence-corrected chi connectivity index (χ1v) is 6.95. The van der Waals surface area contributed by atoms with Gasteiger partial charge in [-0.15, -0.1) is 0 Å². The fourth-order valence-electron chi connectivity index (χ4n) is 1.32. The first-order valence-electron chi connectivity index (χ1n) is 6.19. The van der Waals surface area contributed by atoms with Gasteiger partial charge in [-0.25, -0.2) is 0 Å². The van der Waals surface area contributed by atoms with Crippen LogP contribution in [-0.4, -0.2) is 36.3 Å². The van der Waals surface area contributed by atoms with Crippen LogP contribution < -0.4 is 5.43 Å². The number of hydrazone groups is 1. The Bertz CT molecular complexity index is 652. The highest BCUT2D eigenvalue weighted by atomic mass is 35.5. The number of benzene rings is 1. The van der Waals surface area contributed by atoms with Crippen molar-refractivity contribution in [3.8, 4) is 0 Å². The van der Waals surface area contributed by atoms with Gasteiger partial charge in [0.25, 0.3) is 0 Å². The summed E-state index contributed by atoms with van der Waals surface area (Å²) in [6, 6.07) is 4.71. The second-order valence-electron chi connectivity index (χ2n) is 4.41. The number of ketones is 2. The molecule has 0 saturated heterocycles. The van der Waals surface area contributed by atoms with E-state index in [9.17, 15) is 9.59 Å². The Balaban J connectivity index is 3.04. The number of allylic oxidation sites excluding steroid dienone is 2. The number of halogens is 2. The molecule has 0 aliphatic rings. The third-order valence-corrected chi connectivity index (χ3v) is 2.94. The van der Waals surface area contributed by atoms with Gasteiger partial charge in [0, 0.05) is 31.4 Å². The number of hydrogen-bond acceptors (Lipinski definition) is 5. The van der Waals surface area contributed by atoms with Crippen LogP contribution in [0.2, 0.25) is 10.0 Å². The highest BCUT2D eigenvalue weighted by Crippen LogP contribution is 2.25. The first kappa shape index (κ1) is 17.9. The van der Waals surface area contributed by atoms with Crippen molar-refractivity contribution in [2.45, 2.75) is 0 Å². The van der Waals surface area contributed by atoms with Crippen LogP contribution in [0.3, 0.4) is 0 Å². The molecule has 7 heteroatoms. The summed E-state index contributed by atoms with van der Waals surface area (Å²) in [4.78, 5) is 25.4. The van der Waals surface area contributed by atoms with Crippen LogP contribution in [-0.2, 0) is 9.59 Å². The topological polar surface area (TPSA) is 61.8 Å². The third-order valence-electron chi connectivity index (χ3n) is 2.40. The zero-order valence-electron chi connectivity index (χ0n) is 12.1. The Hall–Kier alpha value is -2.11. The highest BCUT2D eigenvalue weighted by Gasteiger charge is 2.16. The van der Waals surface area contributed by atoms with Crippen molar-refractivity contribution < 1.29 is 9.59 Å². The van der Waals surface area contributed by atoms with Crippen LogP contribution in [0.1, 0.15) is 0 Å². The van der Waals surface area contributed by atoms with Crippen LogP contribution in [0, 0.1) is 0 Å². The molecule has 0 heterocycles.